The molecule has 0 saturated heterocycles. The van der Waals surface area contributed by atoms with E-state index in [-0.39, 0.29) is 38.0 Å². The number of hydrogen-bond donors (Lipinski definition) is 3. The fraction of sp³-hybridized carbons (Fsp3) is 0.381. The highest BCUT2D eigenvalue weighted by Gasteiger charge is 2.12. The Morgan fingerprint density at radius 3 is 2.44 bits per heavy atom. The number of aryl methyl sites for hydroxylation is 1. The molecule has 32 heavy (non-hydrogen) atoms. The molecule has 0 aliphatic heterocycles. The zero-order valence-electron chi connectivity index (χ0n) is 18.2. The van der Waals surface area contributed by atoms with E-state index in [0.717, 1.165) is 24.3 Å². The standard InChI is InChI=1S/C21H28N6O3.2ClH/c1-16-3-6-18(7-4-16)27-21(24-25-26-27)15-30-19-8-5-17(13-20(19)29-2)14-23-10-9-22-11-12-28;;/h3-8,13,22-23,28H,9-12,14-15H2,1-2H3;2*1H. The first-order valence-electron chi connectivity index (χ1n) is 9.87. The van der Waals surface area contributed by atoms with Gasteiger partial charge >= 0.3 is 0 Å². The molecule has 0 amide bonds. The van der Waals surface area contributed by atoms with Crippen LogP contribution in [0.25, 0.3) is 5.69 Å². The Hall–Kier alpha value is -2.43. The maximum atomic E-state index is 8.75. The van der Waals surface area contributed by atoms with Gasteiger partial charge in [-0.2, -0.15) is 4.68 Å². The number of halogens is 2. The Bertz CT molecular complexity index is 924. The Balaban J connectivity index is 0.00000256. The van der Waals surface area contributed by atoms with Gasteiger partial charge in [0.1, 0.15) is 0 Å². The molecular formula is C21H30Cl2N6O3. The topological polar surface area (TPSA) is 106 Å². The van der Waals surface area contributed by atoms with Crippen LogP contribution in [-0.2, 0) is 13.2 Å². The third-order valence-electron chi connectivity index (χ3n) is 4.49. The first-order valence-corrected chi connectivity index (χ1v) is 9.87. The average Bonchev–Trinajstić information content (AvgIpc) is 3.24. The lowest BCUT2D eigenvalue weighted by Gasteiger charge is -2.13. The molecule has 0 spiro atoms. The predicted octanol–water partition coefficient (Wildman–Crippen LogP) is 2.07. The first kappa shape index (κ1) is 27.6. The van der Waals surface area contributed by atoms with Crippen molar-refractivity contribution in [3.8, 4) is 17.2 Å². The second kappa shape index (κ2) is 14.6. The molecule has 1 aromatic heterocycles. The Morgan fingerprint density at radius 1 is 0.969 bits per heavy atom. The largest absolute Gasteiger partial charge is 0.493 e. The number of methoxy groups -OCH3 is 1. The van der Waals surface area contributed by atoms with Crippen LogP contribution in [0.15, 0.2) is 42.5 Å². The van der Waals surface area contributed by atoms with Gasteiger partial charge in [0.25, 0.3) is 0 Å². The minimum absolute atomic E-state index is 0. The summed E-state index contributed by atoms with van der Waals surface area (Å²) in [5.74, 6) is 1.88. The van der Waals surface area contributed by atoms with Crippen LogP contribution in [0.1, 0.15) is 17.0 Å². The summed E-state index contributed by atoms with van der Waals surface area (Å²) in [4.78, 5) is 0. The van der Waals surface area contributed by atoms with Crippen molar-refractivity contribution in [2.45, 2.75) is 20.1 Å². The average molecular weight is 485 g/mol. The van der Waals surface area contributed by atoms with Crippen LogP contribution in [-0.4, -0.2) is 58.7 Å². The lowest BCUT2D eigenvalue weighted by atomic mass is 10.2. The lowest BCUT2D eigenvalue weighted by molar-refractivity contribution is 0.273. The number of tetrazole rings is 1. The molecule has 0 atom stereocenters. The number of aromatic nitrogens is 4. The van der Waals surface area contributed by atoms with Gasteiger partial charge in [-0.05, 0) is 47.2 Å². The normalized spacial score (nSPS) is 10.2. The van der Waals surface area contributed by atoms with Crippen LogP contribution in [0.2, 0.25) is 0 Å². The monoisotopic (exact) mass is 484 g/mol. The molecule has 9 nitrogen and oxygen atoms in total. The molecule has 3 aromatic rings. The maximum absolute atomic E-state index is 8.75. The molecule has 0 aliphatic rings. The molecule has 0 unspecified atom stereocenters. The summed E-state index contributed by atoms with van der Waals surface area (Å²) < 4.78 is 13.1. The maximum Gasteiger partial charge on any atom is 0.194 e. The van der Waals surface area contributed by atoms with Crippen LogP contribution < -0.4 is 20.1 Å². The summed E-state index contributed by atoms with van der Waals surface area (Å²) in [6.07, 6.45) is 0. The number of aliphatic hydroxyl groups excluding tert-OH is 1. The molecule has 0 fully saturated rings. The van der Waals surface area contributed by atoms with Gasteiger partial charge in [-0.1, -0.05) is 23.8 Å². The van der Waals surface area contributed by atoms with E-state index in [1.54, 1.807) is 11.8 Å². The molecule has 2 aromatic carbocycles. The van der Waals surface area contributed by atoms with Gasteiger partial charge in [-0.25, -0.2) is 0 Å². The lowest BCUT2D eigenvalue weighted by Crippen LogP contribution is -2.28. The van der Waals surface area contributed by atoms with Crippen molar-refractivity contribution in [3.63, 3.8) is 0 Å². The number of rotatable bonds is 12. The van der Waals surface area contributed by atoms with Gasteiger partial charge in [0.15, 0.2) is 23.9 Å². The number of aliphatic hydroxyl groups is 1. The summed E-state index contributed by atoms with van der Waals surface area (Å²) in [5.41, 5.74) is 3.14. The Labute approximate surface area is 200 Å². The van der Waals surface area contributed by atoms with Gasteiger partial charge in [0.05, 0.1) is 19.4 Å². The summed E-state index contributed by atoms with van der Waals surface area (Å²) in [6.45, 7) is 5.32. The molecule has 176 valence electrons. The summed E-state index contributed by atoms with van der Waals surface area (Å²) in [5, 5.41) is 27.1. The van der Waals surface area contributed by atoms with Crippen molar-refractivity contribution in [1.82, 2.24) is 30.8 Å². The molecule has 1 heterocycles. The summed E-state index contributed by atoms with van der Waals surface area (Å²) >= 11 is 0. The van der Waals surface area contributed by atoms with Crippen molar-refractivity contribution in [3.05, 3.63) is 59.4 Å². The number of hydrogen-bond acceptors (Lipinski definition) is 8. The van der Waals surface area contributed by atoms with Crippen molar-refractivity contribution in [2.24, 2.45) is 0 Å². The van der Waals surface area contributed by atoms with Crippen molar-refractivity contribution >= 4 is 24.8 Å². The Morgan fingerprint density at radius 2 is 1.72 bits per heavy atom. The fourth-order valence-electron chi connectivity index (χ4n) is 2.88. The second-order valence-electron chi connectivity index (χ2n) is 6.77. The van der Waals surface area contributed by atoms with E-state index in [1.807, 2.05) is 49.4 Å². The zero-order chi connectivity index (χ0) is 21.2. The highest BCUT2D eigenvalue weighted by atomic mass is 35.5. The van der Waals surface area contributed by atoms with Crippen molar-refractivity contribution < 1.29 is 14.6 Å². The predicted molar refractivity (Wildman–Crippen MR) is 127 cm³/mol. The van der Waals surface area contributed by atoms with Gasteiger partial charge in [-0.3, -0.25) is 0 Å². The van der Waals surface area contributed by atoms with E-state index in [1.165, 1.54) is 5.56 Å². The first-order chi connectivity index (χ1) is 14.7. The molecule has 0 bridgehead atoms. The highest BCUT2D eigenvalue weighted by Crippen LogP contribution is 2.28. The third-order valence-corrected chi connectivity index (χ3v) is 4.49. The number of ether oxygens (including phenoxy) is 2. The van der Waals surface area contributed by atoms with Crippen LogP contribution in [0, 0.1) is 6.92 Å². The molecule has 0 aliphatic carbocycles. The molecule has 0 radical (unpaired) electrons. The van der Waals surface area contributed by atoms with E-state index in [2.05, 4.69) is 26.2 Å². The van der Waals surface area contributed by atoms with Gasteiger partial charge in [-0.15, -0.1) is 29.9 Å². The second-order valence-corrected chi connectivity index (χ2v) is 6.77. The molecule has 11 heteroatoms. The van der Waals surface area contributed by atoms with Crippen molar-refractivity contribution in [1.29, 1.82) is 0 Å². The highest BCUT2D eigenvalue weighted by molar-refractivity contribution is 5.85. The SMILES string of the molecule is COc1cc(CNCCNCCO)ccc1OCc1nnnn1-c1ccc(C)cc1.Cl.Cl. The van der Waals surface area contributed by atoms with E-state index < -0.39 is 0 Å². The summed E-state index contributed by atoms with van der Waals surface area (Å²) in [7, 11) is 1.62. The molecular weight excluding hydrogens is 455 g/mol. The Kier molecular flexibility index (Phi) is 12.6. The van der Waals surface area contributed by atoms with Gasteiger partial charge < -0.3 is 25.2 Å². The van der Waals surface area contributed by atoms with Crippen LogP contribution in [0.3, 0.4) is 0 Å². The van der Waals surface area contributed by atoms with E-state index >= 15 is 0 Å². The zero-order valence-corrected chi connectivity index (χ0v) is 19.8. The summed E-state index contributed by atoms with van der Waals surface area (Å²) in [6, 6.07) is 13.8. The molecule has 0 saturated carbocycles. The number of nitrogens with one attached hydrogen (secondary N) is 2. The smallest absolute Gasteiger partial charge is 0.194 e. The minimum atomic E-state index is 0. The molecule has 3 N–H and O–H groups in total. The minimum Gasteiger partial charge on any atom is -0.493 e. The number of benzene rings is 2. The van der Waals surface area contributed by atoms with Crippen LogP contribution in [0.4, 0.5) is 0 Å². The van der Waals surface area contributed by atoms with Gasteiger partial charge in [0, 0.05) is 26.2 Å². The van der Waals surface area contributed by atoms with Gasteiger partial charge in [0.2, 0.25) is 0 Å². The van der Waals surface area contributed by atoms with Crippen molar-refractivity contribution in [2.75, 3.05) is 33.4 Å². The van der Waals surface area contributed by atoms with E-state index in [0.29, 0.717) is 30.4 Å². The van der Waals surface area contributed by atoms with Crippen LogP contribution >= 0.6 is 24.8 Å². The van der Waals surface area contributed by atoms with E-state index in [4.69, 9.17) is 14.6 Å². The van der Waals surface area contributed by atoms with E-state index in [9.17, 15) is 0 Å². The quantitative estimate of drug-likeness (QED) is 0.335. The number of nitrogens with zero attached hydrogens (tertiary/aromatic N) is 4. The van der Waals surface area contributed by atoms with Crippen LogP contribution in [0.5, 0.6) is 11.5 Å². The fourth-order valence-corrected chi connectivity index (χ4v) is 2.88. The third kappa shape index (κ3) is 7.92. The molecule has 3 rings (SSSR count).